The molecule has 0 bridgehead atoms. The second-order valence-electron chi connectivity index (χ2n) is 7.27. The number of amidine groups is 1. The molecule has 1 N–H and O–H groups in total. The van der Waals surface area contributed by atoms with Gasteiger partial charge in [0.2, 0.25) is 5.84 Å². The van der Waals surface area contributed by atoms with Gasteiger partial charge in [-0.05, 0) is 52.6 Å². The van der Waals surface area contributed by atoms with E-state index < -0.39 is 0 Å². The molecule has 4 rings (SSSR count). The number of para-hydroxylation sites is 1. The number of rotatable bonds is 7. The summed E-state index contributed by atoms with van der Waals surface area (Å²) in [7, 11) is 0. The van der Waals surface area contributed by atoms with E-state index in [-0.39, 0.29) is 5.95 Å². The van der Waals surface area contributed by atoms with Gasteiger partial charge in [0.05, 0.1) is 11.4 Å². The summed E-state index contributed by atoms with van der Waals surface area (Å²) >= 11 is 0. The van der Waals surface area contributed by atoms with Crippen LogP contribution in [0, 0.1) is 0 Å². The lowest BCUT2D eigenvalue weighted by Crippen LogP contribution is -2.02. The molecule has 1 aromatic heterocycles. The van der Waals surface area contributed by atoms with E-state index in [4.69, 9.17) is 0 Å². The van der Waals surface area contributed by atoms with Crippen LogP contribution >= 0.6 is 0 Å². The number of tetrazole rings is 1. The van der Waals surface area contributed by atoms with Crippen molar-refractivity contribution < 1.29 is 0 Å². The first-order valence-electron chi connectivity index (χ1n) is 10.5. The number of benzene rings is 3. The zero-order valence-corrected chi connectivity index (χ0v) is 18.0. The number of hydrogen-bond donors (Lipinski definition) is 1. The first-order valence-corrected chi connectivity index (χ1v) is 10.5. The minimum absolute atomic E-state index is 0.262. The summed E-state index contributed by atoms with van der Waals surface area (Å²) in [6.07, 6.45) is 1.10. The van der Waals surface area contributed by atoms with Crippen molar-refractivity contribution in [2.45, 2.75) is 26.2 Å². The molecule has 0 saturated carbocycles. The van der Waals surface area contributed by atoms with Crippen molar-refractivity contribution in [3.05, 3.63) is 96.1 Å². The topological polar surface area (TPSA) is 92.7 Å². The number of nitrogens with one attached hydrogen (secondary N) is 1. The maximum absolute atomic E-state index is 4.49. The quantitative estimate of drug-likeness (QED) is 0.177. The SMILES string of the molecule is CCC(C)c1ccc(N/N=C(\N=Nc2nnnn2-c2ccccc2)c2ccccc2)cc1. The fourth-order valence-corrected chi connectivity index (χ4v) is 3.04. The molecule has 8 heteroatoms. The third-order valence-electron chi connectivity index (χ3n) is 5.10. The highest BCUT2D eigenvalue weighted by Gasteiger charge is 2.09. The number of nitrogens with zero attached hydrogens (tertiary/aromatic N) is 7. The van der Waals surface area contributed by atoms with Gasteiger partial charge in [-0.25, -0.2) is 0 Å². The summed E-state index contributed by atoms with van der Waals surface area (Å²) in [6, 6.07) is 27.4. The number of aromatic nitrogens is 4. The zero-order valence-electron chi connectivity index (χ0n) is 18.0. The van der Waals surface area contributed by atoms with Crippen molar-refractivity contribution >= 4 is 17.5 Å². The predicted molar refractivity (Wildman–Crippen MR) is 125 cm³/mol. The Morgan fingerprint density at radius 3 is 2.31 bits per heavy atom. The molecule has 3 aromatic carbocycles. The van der Waals surface area contributed by atoms with Crippen molar-refractivity contribution in [3.63, 3.8) is 0 Å². The number of anilines is 1. The van der Waals surface area contributed by atoms with Crippen LogP contribution in [0.2, 0.25) is 0 Å². The van der Waals surface area contributed by atoms with Crippen LogP contribution in [0.5, 0.6) is 0 Å². The molecule has 0 fully saturated rings. The third kappa shape index (κ3) is 5.10. The van der Waals surface area contributed by atoms with E-state index in [0.29, 0.717) is 11.8 Å². The zero-order chi connectivity index (χ0) is 22.2. The van der Waals surface area contributed by atoms with Gasteiger partial charge in [0.25, 0.3) is 5.95 Å². The van der Waals surface area contributed by atoms with Crippen LogP contribution in [0.3, 0.4) is 0 Å². The van der Waals surface area contributed by atoms with E-state index in [9.17, 15) is 0 Å². The normalized spacial score (nSPS) is 12.8. The molecular formula is C24H24N8. The highest BCUT2D eigenvalue weighted by molar-refractivity contribution is 5.99. The van der Waals surface area contributed by atoms with Gasteiger partial charge in [0.15, 0.2) is 0 Å². The highest BCUT2D eigenvalue weighted by atomic mass is 15.6. The molecule has 160 valence electrons. The lowest BCUT2D eigenvalue weighted by atomic mass is 9.99. The summed E-state index contributed by atoms with van der Waals surface area (Å²) < 4.78 is 1.52. The third-order valence-corrected chi connectivity index (χ3v) is 5.10. The number of azo groups is 1. The van der Waals surface area contributed by atoms with Gasteiger partial charge < -0.3 is 0 Å². The van der Waals surface area contributed by atoms with E-state index in [0.717, 1.165) is 23.4 Å². The summed E-state index contributed by atoms with van der Waals surface area (Å²) in [5.74, 6) is 1.20. The largest absolute Gasteiger partial charge is 0.292 e. The predicted octanol–water partition coefficient (Wildman–Crippen LogP) is 5.73. The van der Waals surface area contributed by atoms with Crippen LogP contribution in [0.1, 0.15) is 37.3 Å². The van der Waals surface area contributed by atoms with Crippen molar-refractivity contribution in [3.8, 4) is 5.69 Å². The first kappa shape index (κ1) is 21.0. The van der Waals surface area contributed by atoms with Crippen LogP contribution in [-0.2, 0) is 0 Å². The van der Waals surface area contributed by atoms with Crippen LogP contribution < -0.4 is 5.43 Å². The molecule has 0 aliphatic heterocycles. The monoisotopic (exact) mass is 424 g/mol. The van der Waals surface area contributed by atoms with Crippen LogP contribution in [-0.4, -0.2) is 26.0 Å². The van der Waals surface area contributed by atoms with E-state index in [2.05, 4.69) is 62.3 Å². The smallest absolute Gasteiger partial charge is 0.276 e. The Balaban J connectivity index is 1.59. The van der Waals surface area contributed by atoms with Gasteiger partial charge >= 0.3 is 0 Å². The average molecular weight is 425 g/mol. The van der Waals surface area contributed by atoms with Gasteiger partial charge in [-0.1, -0.05) is 79.6 Å². The molecule has 1 heterocycles. The summed E-state index contributed by atoms with van der Waals surface area (Å²) in [6.45, 7) is 4.41. The Labute approximate surface area is 186 Å². The van der Waals surface area contributed by atoms with Crippen LogP contribution in [0.25, 0.3) is 5.69 Å². The van der Waals surface area contributed by atoms with Gasteiger partial charge in [-0.15, -0.1) is 10.2 Å². The van der Waals surface area contributed by atoms with Crippen molar-refractivity contribution in [2.75, 3.05) is 5.43 Å². The molecule has 0 amide bonds. The number of hydrazone groups is 1. The average Bonchev–Trinajstić information content (AvgIpc) is 3.34. The van der Waals surface area contributed by atoms with E-state index in [1.165, 1.54) is 10.2 Å². The van der Waals surface area contributed by atoms with Crippen LogP contribution in [0.4, 0.5) is 11.6 Å². The Kier molecular flexibility index (Phi) is 6.72. The van der Waals surface area contributed by atoms with Crippen molar-refractivity contribution in [2.24, 2.45) is 15.3 Å². The van der Waals surface area contributed by atoms with Gasteiger partial charge in [0, 0.05) is 5.56 Å². The summed E-state index contributed by atoms with van der Waals surface area (Å²) in [5.41, 5.74) is 6.87. The molecule has 0 aliphatic rings. The fourth-order valence-electron chi connectivity index (χ4n) is 3.04. The second-order valence-corrected chi connectivity index (χ2v) is 7.27. The molecule has 8 nitrogen and oxygen atoms in total. The minimum Gasteiger partial charge on any atom is -0.276 e. The Bertz CT molecular complexity index is 1180. The van der Waals surface area contributed by atoms with Gasteiger partial charge in [-0.2, -0.15) is 9.78 Å². The highest BCUT2D eigenvalue weighted by Crippen LogP contribution is 2.21. The molecule has 0 radical (unpaired) electrons. The molecule has 1 unspecified atom stereocenters. The summed E-state index contributed by atoms with van der Waals surface area (Å²) in [5, 5.41) is 24.8. The standard InChI is InChI=1S/C24H24N8/c1-3-18(2)19-14-16-21(17-15-19)25-26-23(20-10-6-4-7-11-20)27-28-24-29-30-31-32(24)22-12-8-5-9-13-22/h4-18,25H,3H2,1-2H3/b26-23-,28-27?. The Morgan fingerprint density at radius 2 is 1.62 bits per heavy atom. The van der Waals surface area contributed by atoms with Crippen molar-refractivity contribution in [1.29, 1.82) is 0 Å². The maximum atomic E-state index is 4.49. The molecular weight excluding hydrogens is 400 g/mol. The number of hydrogen-bond acceptors (Lipinski definition) is 6. The maximum Gasteiger partial charge on any atom is 0.292 e. The van der Waals surface area contributed by atoms with Crippen LogP contribution in [0.15, 0.2) is 100 Å². The fraction of sp³-hybridized carbons (Fsp3) is 0.167. The molecule has 4 aromatic rings. The summed E-state index contributed by atoms with van der Waals surface area (Å²) in [4.78, 5) is 0. The van der Waals surface area contributed by atoms with Gasteiger partial charge in [-0.3, -0.25) is 5.43 Å². The minimum atomic E-state index is 0.262. The van der Waals surface area contributed by atoms with Gasteiger partial charge in [0.1, 0.15) is 0 Å². The van der Waals surface area contributed by atoms with E-state index >= 15 is 0 Å². The molecule has 1 atom stereocenters. The van der Waals surface area contributed by atoms with Crippen molar-refractivity contribution in [1.82, 2.24) is 20.2 Å². The first-order chi connectivity index (χ1) is 15.7. The van der Waals surface area contributed by atoms with E-state index in [1.807, 2.05) is 72.8 Å². The Hall–Kier alpha value is -4.20. The molecule has 0 saturated heterocycles. The Morgan fingerprint density at radius 1 is 0.938 bits per heavy atom. The molecule has 32 heavy (non-hydrogen) atoms. The lowest BCUT2D eigenvalue weighted by molar-refractivity contribution is 0.734. The lowest BCUT2D eigenvalue weighted by Gasteiger charge is -2.09. The second kappa shape index (κ2) is 10.2. The molecule has 0 spiro atoms. The van der Waals surface area contributed by atoms with E-state index in [1.54, 1.807) is 0 Å². The molecule has 0 aliphatic carbocycles.